The Morgan fingerprint density at radius 3 is 2.47 bits per heavy atom. The first-order valence-electron chi connectivity index (χ1n) is 11.0. The molecule has 2 N–H and O–H groups in total. The molecule has 0 bridgehead atoms. The van der Waals surface area contributed by atoms with E-state index in [-0.39, 0.29) is 10.9 Å². The van der Waals surface area contributed by atoms with Crippen molar-refractivity contribution in [3.8, 4) is 17.0 Å². The highest BCUT2D eigenvalue weighted by Gasteiger charge is 2.26. The summed E-state index contributed by atoms with van der Waals surface area (Å²) in [5, 5.41) is 0.285. The lowest BCUT2D eigenvalue weighted by atomic mass is 10.00. The number of nitrogens with one attached hydrogen (secondary N) is 2. The number of carbonyl (C=O) groups is 1. The van der Waals surface area contributed by atoms with Crippen LogP contribution in [-0.4, -0.2) is 36.3 Å². The van der Waals surface area contributed by atoms with Gasteiger partial charge in [-0.05, 0) is 42.5 Å². The average molecular weight is 539 g/mol. The Morgan fingerprint density at radius 1 is 0.974 bits per heavy atom. The van der Waals surface area contributed by atoms with Crippen LogP contribution in [0.1, 0.15) is 15.9 Å². The monoisotopic (exact) mass is 538 g/mol. The van der Waals surface area contributed by atoms with Crippen LogP contribution in [0.2, 0.25) is 0 Å². The number of carbonyl (C=O) groups excluding carboxylic acids is 1. The molecule has 3 heterocycles. The number of sulfonamides is 1. The summed E-state index contributed by atoms with van der Waals surface area (Å²) in [6.45, 7) is 0. The quantitative estimate of drug-likeness (QED) is 0.279. The number of benzene rings is 2. The Bertz CT molecular complexity index is 1810. The number of ketones is 1. The summed E-state index contributed by atoms with van der Waals surface area (Å²) in [4.78, 5) is 24.1. The van der Waals surface area contributed by atoms with Crippen LogP contribution in [-0.2, 0) is 10.0 Å². The summed E-state index contributed by atoms with van der Waals surface area (Å²) < 4.78 is 76.0. The smallest absolute Gasteiger partial charge is 0.262 e. The molecule has 5 rings (SSSR count). The van der Waals surface area contributed by atoms with E-state index in [2.05, 4.69) is 15.0 Å². The number of H-pyrrole nitrogens is 1. The topological polar surface area (TPSA) is 114 Å². The molecule has 12 heteroatoms. The van der Waals surface area contributed by atoms with Crippen LogP contribution >= 0.6 is 0 Å². The number of hydrogen-bond donors (Lipinski definition) is 2. The van der Waals surface area contributed by atoms with Gasteiger partial charge in [-0.1, -0.05) is 6.07 Å². The van der Waals surface area contributed by atoms with E-state index in [1.54, 1.807) is 30.6 Å². The fraction of sp³-hybridized carbons (Fsp3) is 0.0385. The minimum absolute atomic E-state index is 0.0845. The van der Waals surface area contributed by atoms with Crippen LogP contribution in [0, 0.1) is 17.5 Å². The summed E-state index contributed by atoms with van der Waals surface area (Å²) >= 11 is 0. The lowest BCUT2D eigenvalue weighted by Crippen LogP contribution is -2.16. The maximum atomic E-state index is 15.4. The first-order valence-corrected chi connectivity index (χ1v) is 12.4. The minimum atomic E-state index is -4.44. The molecule has 192 valence electrons. The van der Waals surface area contributed by atoms with Crippen molar-refractivity contribution in [2.75, 3.05) is 11.8 Å². The molecule has 0 saturated heterocycles. The molecule has 0 fully saturated rings. The van der Waals surface area contributed by atoms with Gasteiger partial charge in [0.15, 0.2) is 5.82 Å². The summed E-state index contributed by atoms with van der Waals surface area (Å²) in [5.41, 5.74) is -0.199. The molecule has 0 aliphatic rings. The number of anilines is 1. The Morgan fingerprint density at radius 2 is 1.76 bits per heavy atom. The highest BCUT2D eigenvalue weighted by molar-refractivity contribution is 7.92. The van der Waals surface area contributed by atoms with Crippen molar-refractivity contribution < 1.29 is 31.1 Å². The normalized spacial score (nSPS) is 11.5. The van der Waals surface area contributed by atoms with Gasteiger partial charge < -0.3 is 9.72 Å². The van der Waals surface area contributed by atoms with E-state index in [1.807, 2.05) is 4.72 Å². The van der Waals surface area contributed by atoms with Gasteiger partial charge >= 0.3 is 0 Å². The largest absolute Gasteiger partial charge is 0.481 e. The maximum Gasteiger partial charge on any atom is 0.262 e. The average Bonchev–Trinajstić information content (AvgIpc) is 3.34. The van der Waals surface area contributed by atoms with Crippen molar-refractivity contribution in [1.29, 1.82) is 0 Å². The number of aromatic amines is 1. The zero-order valence-corrected chi connectivity index (χ0v) is 20.3. The third-order valence-corrected chi connectivity index (χ3v) is 7.09. The minimum Gasteiger partial charge on any atom is -0.481 e. The summed E-state index contributed by atoms with van der Waals surface area (Å²) in [7, 11) is -2.96. The lowest BCUT2D eigenvalue weighted by molar-refractivity contribution is 0.103. The van der Waals surface area contributed by atoms with E-state index in [1.165, 1.54) is 19.4 Å². The molecule has 0 spiro atoms. The number of halogens is 3. The summed E-state index contributed by atoms with van der Waals surface area (Å²) in [6, 6.07) is 10.6. The second-order valence-corrected chi connectivity index (χ2v) is 9.77. The van der Waals surface area contributed by atoms with E-state index in [9.17, 15) is 22.0 Å². The van der Waals surface area contributed by atoms with E-state index < -0.39 is 49.4 Å². The van der Waals surface area contributed by atoms with Crippen LogP contribution in [0.3, 0.4) is 0 Å². The third-order valence-electron chi connectivity index (χ3n) is 5.72. The Hall–Kier alpha value is -4.71. The highest BCUT2D eigenvalue weighted by atomic mass is 32.2. The summed E-state index contributed by atoms with van der Waals surface area (Å²) in [6.07, 6.45) is 4.35. The molecule has 0 amide bonds. The fourth-order valence-corrected chi connectivity index (χ4v) is 4.92. The molecular weight excluding hydrogens is 521 g/mol. The number of methoxy groups -OCH3 is 1. The molecule has 0 radical (unpaired) electrons. The van der Waals surface area contributed by atoms with E-state index >= 15 is 4.39 Å². The number of hydrogen-bond acceptors (Lipinski definition) is 6. The Kier molecular flexibility index (Phi) is 6.33. The van der Waals surface area contributed by atoms with Crippen molar-refractivity contribution in [2.24, 2.45) is 0 Å². The van der Waals surface area contributed by atoms with Gasteiger partial charge in [0.25, 0.3) is 10.0 Å². The molecule has 8 nitrogen and oxygen atoms in total. The van der Waals surface area contributed by atoms with Crippen molar-refractivity contribution >= 4 is 32.5 Å². The van der Waals surface area contributed by atoms with Gasteiger partial charge in [-0.2, -0.15) is 0 Å². The van der Waals surface area contributed by atoms with Gasteiger partial charge in [0.05, 0.1) is 23.3 Å². The zero-order chi connectivity index (χ0) is 27.0. The van der Waals surface area contributed by atoms with Crippen molar-refractivity contribution in [2.45, 2.75) is 4.90 Å². The standard InChI is InChI=1S/C26H17F3N4O4S/c1-37-22-8-5-14(11-30-22)15-9-18-19(13-32-26(18)31-12-15)25(34)23-20(28)6-7-21(24(23)29)33-38(35,36)17-4-2-3-16(27)10-17/h2-13,33H,1H3,(H,31,32). The number of aromatic nitrogens is 3. The molecule has 0 aliphatic carbocycles. The van der Waals surface area contributed by atoms with Gasteiger partial charge in [-0.25, -0.2) is 31.6 Å². The van der Waals surface area contributed by atoms with Gasteiger partial charge in [0.1, 0.15) is 17.3 Å². The maximum absolute atomic E-state index is 15.4. The van der Waals surface area contributed by atoms with Gasteiger partial charge in [0, 0.05) is 46.7 Å². The highest BCUT2D eigenvalue weighted by Crippen LogP contribution is 2.30. The zero-order valence-electron chi connectivity index (χ0n) is 19.5. The third kappa shape index (κ3) is 4.57. The Balaban J connectivity index is 1.53. The molecule has 0 unspecified atom stereocenters. The van der Waals surface area contributed by atoms with Crippen molar-refractivity contribution in [3.63, 3.8) is 0 Å². The van der Waals surface area contributed by atoms with E-state index in [0.717, 1.165) is 30.3 Å². The molecule has 2 aromatic carbocycles. The van der Waals surface area contributed by atoms with Crippen molar-refractivity contribution in [3.05, 3.63) is 102 Å². The lowest BCUT2D eigenvalue weighted by Gasteiger charge is -2.12. The van der Waals surface area contributed by atoms with Crippen LogP contribution in [0.4, 0.5) is 18.9 Å². The first-order chi connectivity index (χ1) is 18.2. The van der Waals surface area contributed by atoms with Gasteiger partial charge in [-0.15, -0.1) is 0 Å². The number of fused-ring (bicyclic) bond motifs is 1. The number of ether oxygens (including phenoxy) is 1. The van der Waals surface area contributed by atoms with Crippen molar-refractivity contribution in [1.82, 2.24) is 15.0 Å². The van der Waals surface area contributed by atoms with E-state index in [0.29, 0.717) is 22.7 Å². The van der Waals surface area contributed by atoms with Crippen LogP contribution in [0.15, 0.2) is 78.1 Å². The van der Waals surface area contributed by atoms with Gasteiger partial charge in [-0.3, -0.25) is 9.52 Å². The summed E-state index contributed by atoms with van der Waals surface area (Å²) in [5.74, 6) is -4.07. The van der Waals surface area contributed by atoms with Crippen LogP contribution in [0.25, 0.3) is 22.2 Å². The molecule has 0 saturated carbocycles. The predicted octanol–water partition coefficient (Wildman–Crippen LogP) is 5.08. The molecule has 0 atom stereocenters. The molecule has 38 heavy (non-hydrogen) atoms. The van der Waals surface area contributed by atoms with Gasteiger partial charge in [0.2, 0.25) is 11.7 Å². The molecule has 0 aliphatic heterocycles. The Labute approximate surface area is 214 Å². The van der Waals surface area contributed by atoms with E-state index in [4.69, 9.17) is 4.74 Å². The molecule has 3 aromatic heterocycles. The molecule has 5 aromatic rings. The predicted molar refractivity (Wildman–Crippen MR) is 133 cm³/mol. The van der Waals surface area contributed by atoms with Crippen LogP contribution < -0.4 is 9.46 Å². The fourth-order valence-electron chi connectivity index (χ4n) is 3.83. The first kappa shape index (κ1) is 25.0. The number of nitrogens with zero attached hydrogens (tertiary/aromatic N) is 2. The van der Waals surface area contributed by atoms with Crippen LogP contribution in [0.5, 0.6) is 5.88 Å². The number of rotatable bonds is 7. The second-order valence-electron chi connectivity index (χ2n) is 8.09. The molecular formula is C26H17F3N4O4S. The SMILES string of the molecule is COc1ccc(-c2cnc3[nH]cc(C(=O)c4c(F)ccc(NS(=O)(=O)c5cccc(F)c5)c4F)c3c2)cn1. The number of pyridine rings is 2. The second kappa shape index (κ2) is 9.63.